The van der Waals surface area contributed by atoms with Gasteiger partial charge in [-0.15, -0.1) is 0 Å². The molecule has 4 atom stereocenters. The lowest BCUT2D eigenvalue weighted by Gasteiger charge is -2.19. The van der Waals surface area contributed by atoms with Crippen LogP contribution >= 0.6 is 7.52 Å². The second-order valence-electron chi connectivity index (χ2n) is 3.25. The molecule has 1 aliphatic heterocycles. The van der Waals surface area contributed by atoms with E-state index in [0.29, 0.717) is 6.42 Å². The highest BCUT2D eigenvalue weighted by atomic mass is 31.2. The average molecular weight is 205 g/mol. The Bertz CT molecular complexity index is 221. The molecule has 0 bridgehead atoms. The zero-order valence-corrected chi connectivity index (χ0v) is 8.28. The molecule has 1 saturated heterocycles. The highest BCUT2D eigenvalue weighted by Crippen LogP contribution is 2.33. The van der Waals surface area contributed by atoms with Crippen molar-refractivity contribution in [2.24, 2.45) is 0 Å². The van der Waals surface area contributed by atoms with Crippen molar-refractivity contribution < 1.29 is 19.3 Å². The summed E-state index contributed by atoms with van der Waals surface area (Å²) in [7, 11) is 2.18. The topological polar surface area (TPSA) is 78.8 Å². The molecule has 5 nitrogen and oxygen atoms in total. The normalized spacial score (nSPS) is 38.8. The van der Waals surface area contributed by atoms with Gasteiger partial charge in [0.2, 0.25) is 0 Å². The van der Waals surface area contributed by atoms with Crippen LogP contribution in [0.3, 0.4) is 0 Å². The summed E-state index contributed by atoms with van der Waals surface area (Å²) in [5.74, 6) is 0. The minimum atomic E-state index is -3.29. The molecule has 0 amide bonds. The lowest BCUT2D eigenvalue weighted by molar-refractivity contribution is 0.0357. The van der Waals surface area contributed by atoms with E-state index in [0.717, 1.165) is 0 Å². The van der Waals surface area contributed by atoms with Crippen LogP contribution in [-0.2, 0) is 9.30 Å². The third-order valence-corrected chi connectivity index (χ3v) is 2.68. The number of hydrogen-bond acceptors (Lipinski definition) is 3. The molecule has 1 rings (SSSR count). The standard InChI is InChI=1S/C6H13BNO4P/c1-13(10,11)8-4-2-6(7)12-5(4)3-9/h4-6,9H,2-3H2,1H3,(H2,8,10,11). The lowest BCUT2D eigenvalue weighted by atomic mass is 9.95. The zero-order chi connectivity index (χ0) is 10.1. The minimum absolute atomic E-state index is 0.203. The van der Waals surface area contributed by atoms with Gasteiger partial charge in [0, 0.05) is 18.7 Å². The van der Waals surface area contributed by atoms with Gasteiger partial charge in [0.05, 0.1) is 12.7 Å². The first kappa shape index (κ1) is 11.2. The number of nitrogens with one attached hydrogen (secondary N) is 1. The Balaban J connectivity index is 2.54. The van der Waals surface area contributed by atoms with Crippen LogP contribution in [0.2, 0.25) is 0 Å². The van der Waals surface area contributed by atoms with Crippen molar-refractivity contribution in [1.29, 1.82) is 0 Å². The number of ether oxygens (including phenoxy) is 1. The molecule has 0 aromatic heterocycles. The summed E-state index contributed by atoms with van der Waals surface area (Å²) >= 11 is 0. The van der Waals surface area contributed by atoms with E-state index in [-0.39, 0.29) is 12.6 Å². The molecule has 1 aliphatic rings. The maximum atomic E-state index is 11.0. The maximum absolute atomic E-state index is 11.0. The van der Waals surface area contributed by atoms with Crippen molar-refractivity contribution in [3.05, 3.63) is 0 Å². The molecule has 4 unspecified atom stereocenters. The largest absolute Gasteiger partial charge is 0.394 e. The summed E-state index contributed by atoms with van der Waals surface area (Å²) in [6.45, 7) is 0.997. The van der Waals surface area contributed by atoms with Crippen molar-refractivity contribution in [1.82, 2.24) is 5.09 Å². The van der Waals surface area contributed by atoms with Gasteiger partial charge in [0.15, 0.2) is 0 Å². The van der Waals surface area contributed by atoms with Crippen LogP contribution < -0.4 is 5.09 Å². The van der Waals surface area contributed by atoms with Gasteiger partial charge in [-0.1, -0.05) is 0 Å². The van der Waals surface area contributed by atoms with E-state index in [1.807, 2.05) is 0 Å². The van der Waals surface area contributed by atoms with E-state index in [1.165, 1.54) is 6.66 Å². The second kappa shape index (κ2) is 4.11. The van der Waals surface area contributed by atoms with Gasteiger partial charge in [-0.2, -0.15) is 0 Å². The molecule has 0 aliphatic carbocycles. The van der Waals surface area contributed by atoms with Crippen molar-refractivity contribution >= 4 is 15.4 Å². The maximum Gasteiger partial charge on any atom is 0.264 e. The molecule has 13 heavy (non-hydrogen) atoms. The van der Waals surface area contributed by atoms with Gasteiger partial charge >= 0.3 is 0 Å². The van der Waals surface area contributed by atoms with Crippen LogP contribution in [0.15, 0.2) is 0 Å². The molecular weight excluding hydrogens is 192 g/mol. The summed E-state index contributed by atoms with van der Waals surface area (Å²) in [6.07, 6.45) is -0.0562. The number of aliphatic hydroxyl groups is 1. The van der Waals surface area contributed by atoms with Gasteiger partial charge in [-0.25, -0.2) is 5.09 Å². The van der Waals surface area contributed by atoms with Crippen molar-refractivity contribution in [3.63, 3.8) is 0 Å². The van der Waals surface area contributed by atoms with Gasteiger partial charge in [-0.3, -0.25) is 4.57 Å². The molecule has 0 saturated carbocycles. The van der Waals surface area contributed by atoms with Crippen molar-refractivity contribution in [2.45, 2.75) is 24.6 Å². The summed E-state index contributed by atoms with van der Waals surface area (Å²) < 4.78 is 16.1. The summed E-state index contributed by atoms with van der Waals surface area (Å²) in [5.41, 5.74) is 0. The van der Waals surface area contributed by atoms with E-state index >= 15 is 0 Å². The van der Waals surface area contributed by atoms with E-state index < -0.39 is 19.6 Å². The Morgan fingerprint density at radius 2 is 2.38 bits per heavy atom. The number of hydrogen-bond donors (Lipinski definition) is 3. The molecule has 0 spiro atoms. The predicted octanol–water partition coefficient (Wildman–Crippen LogP) is -0.964. The van der Waals surface area contributed by atoms with E-state index in [4.69, 9.17) is 22.6 Å². The first-order valence-electron chi connectivity index (χ1n) is 4.02. The first-order valence-corrected chi connectivity index (χ1v) is 6.13. The van der Waals surface area contributed by atoms with E-state index in [1.54, 1.807) is 0 Å². The fourth-order valence-corrected chi connectivity index (χ4v) is 2.28. The molecule has 7 heteroatoms. The summed E-state index contributed by atoms with van der Waals surface area (Å²) in [4.78, 5) is 9.04. The highest BCUT2D eigenvalue weighted by molar-refractivity contribution is 7.55. The quantitative estimate of drug-likeness (QED) is 0.408. The highest BCUT2D eigenvalue weighted by Gasteiger charge is 2.34. The molecule has 74 valence electrons. The van der Waals surface area contributed by atoms with Gasteiger partial charge in [0.25, 0.3) is 7.52 Å². The number of aliphatic hydroxyl groups excluding tert-OH is 1. The smallest absolute Gasteiger partial charge is 0.264 e. The minimum Gasteiger partial charge on any atom is -0.394 e. The van der Waals surface area contributed by atoms with Crippen LogP contribution in [-0.4, -0.2) is 49.3 Å². The SMILES string of the molecule is [B]C1CC(NP(C)(=O)O)C(CO)O1. The molecule has 0 aromatic rings. The van der Waals surface area contributed by atoms with Gasteiger partial charge in [-0.05, 0) is 6.42 Å². The fraction of sp³-hybridized carbons (Fsp3) is 1.00. The Hall–Kier alpha value is 0.135. The molecule has 1 heterocycles. The summed E-state index contributed by atoms with van der Waals surface area (Å²) in [6, 6.07) is -0.818. The lowest BCUT2D eigenvalue weighted by Crippen LogP contribution is -2.36. The molecule has 0 aromatic carbocycles. The van der Waals surface area contributed by atoms with Gasteiger partial charge < -0.3 is 14.7 Å². The zero-order valence-electron chi connectivity index (χ0n) is 7.38. The average Bonchev–Trinajstić information content (AvgIpc) is 2.27. The Morgan fingerprint density at radius 3 is 2.85 bits per heavy atom. The molecule has 1 fully saturated rings. The van der Waals surface area contributed by atoms with E-state index in [2.05, 4.69) is 5.09 Å². The Morgan fingerprint density at radius 1 is 1.77 bits per heavy atom. The molecule has 3 N–H and O–H groups in total. The Kier molecular flexibility index (Phi) is 3.54. The van der Waals surface area contributed by atoms with Crippen LogP contribution in [0.5, 0.6) is 0 Å². The third-order valence-electron chi connectivity index (χ3n) is 1.87. The molecular formula is C6H13BNO4P. The van der Waals surface area contributed by atoms with Crippen LogP contribution in [0.4, 0.5) is 0 Å². The predicted molar refractivity (Wildman–Crippen MR) is 48.8 cm³/mol. The second-order valence-corrected chi connectivity index (χ2v) is 5.26. The van der Waals surface area contributed by atoms with Crippen LogP contribution in [0.1, 0.15) is 6.42 Å². The third kappa shape index (κ3) is 3.40. The summed E-state index contributed by atoms with van der Waals surface area (Å²) in [5, 5.41) is 11.4. The monoisotopic (exact) mass is 205 g/mol. The van der Waals surface area contributed by atoms with Crippen molar-refractivity contribution in [3.8, 4) is 0 Å². The van der Waals surface area contributed by atoms with Crippen molar-refractivity contribution in [2.75, 3.05) is 13.3 Å². The number of rotatable bonds is 3. The van der Waals surface area contributed by atoms with Crippen LogP contribution in [0, 0.1) is 0 Å². The fourth-order valence-electron chi connectivity index (χ4n) is 1.39. The molecule has 2 radical (unpaired) electrons. The Labute approximate surface area is 78.4 Å². The van der Waals surface area contributed by atoms with Crippen LogP contribution in [0.25, 0.3) is 0 Å². The van der Waals surface area contributed by atoms with Gasteiger partial charge in [0.1, 0.15) is 7.85 Å². The first-order chi connectivity index (χ1) is 5.92. The van der Waals surface area contributed by atoms with E-state index in [9.17, 15) is 4.57 Å².